The Morgan fingerprint density at radius 1 is 1.33 bits per heavy atom. The van der Waals surface area contributed by atoms with Gasteiger partial charge in [-0.05, 0) is 36.8 Å². The van der Waals surface area contributed by atoms with Gasteiger partial charge >= 0.3 is 0 Å². The van der Waals surface area contributed by atoms with Crippen LogP contribution >= 0.6 is 0 Å². The lowest BCUT2D eigenvalue weighted by molar-refractivity contribution is 0.104. The summed E-state index contributed by atoms with van der Waals surface area (Å²) in [4.78, 5) is 11.6. The molecule has 0 saturated heterocycles. The van der Waals surface area contributed by atoms with E-state index < -0.39 is 0 Å². The van der Waals surface area contributed by atoms with Crippen molar-refractivity contribution in [1.29, 1.82) is 0 Å². The summed E-state index contributed by atoms with van der Waals surface area (Å²) in [6.07, 6.45) is 6.69. The predicted molar refractivity (Wildman–Crippen MR) is 61.1 cm³/mol. The van der Waals surface area contributed by atoms with Crippen molar-refractivity contribution in [2.24, 2.45) is 0 Å². The van der Waals surface area contributed by atoms with Crippen LogP contribution in [0, 0.1) is 0 Å². The molecule has 0 amide bonds. The molecular weight excluding hydrogens is 188 g/mol. The molecule has 0 unspecified atom stereocenters. The molecule has 1 rings (SSSR count). The van der Waals surface area contributed by atoms with E-state index in [1.807, 2.05) is 6.08 Å². The first-order valence-corrected chi connectivity index (χ1v) is 5.24. The van der Waals surface area contributed by atoms with Crippen molar-refractivity contribution in [1.82, 2.24) is 0 Å². The third-order valence-electron chi connectivity index (χ3n) is 2.15. The topological polar surface area (TPSA) is 37.3 Å². The van der Waals surface area contributed by atoms with Crippen LogP contribution in [0.1, 0.15) is 36.5 Å². The Labute approximate surface area is 90.3 Å². The van der Waals surface area contributed by atoms with E-state index in [2.05, 4.69) is 6.92 Å². The van der Waals surface area contributed by atoms with Gasteiger partial charge in [0.2, 0.25) is 0 Å². The molecule has 0 aliphatic rings. The normalized spacial score (nSPS) is 10.7. The van der Waals surface area contributed by atoms with E-state index in [1.165, 1.54) is 12.1 Å². The highest BCUT2D eigenvalue weighted by atomic mass is 16.3. The van der Waals surface area contributed by atoms with E-state index >= 15 is 0 Å². The number of benzene rings is 1. The first-order valence-electron chi connectivity index (χ1n) is 5.24. The van der Waals surface area contributed by atoms with Gasteiger partial charge in [-0.3, -0.25) is 4.79 Å². The van der Waals surface area contributed by atoms with E-state index in [1.54, 1.807) is 18.2 Å². The maximum atomic E-state index is 11.6. The van der Waals surface area contributed by atoms with Gasteiger partial charge in [-0.1, -0.05) is 25.8 Å². The molecule has 15 heavy (non-hydrogen) atoms. The standard InChI is InChI=1S/C13H16O2/c1-2-3-4-5-6-13(15)11-7-9-12(14)10-8-11/h5-10,14H,2-4H2,1H3/b6-5+. The van der Waals surface area contributed by atoms with Crippen LogP contribution in [-0.4, -0.2) is 10.9 Å². The van der Waals surface area contributed by atoms with E-state index in [-0.39, 0.29) is 11.5 Å². The predicted octanol–water partition coefficient (Wildman–Crippen LogP) is 3.32. The smallest absolute Gasteiger partial charge is 0.185 e. The molecule has 0 bridgehead atoms. The van der Waals surface area contributed by atoms with Crippen LogP contribution in [-0.2, 0) is 0 Å². The average Bonchev–Trinajstić information content (AvgIpc) is 2.25. The zero-order chi connectivity index (χ0) is 11.1. The van der Waals surface area contributed by atoms with Gasteiger partial charge in [0, 0.05) is 5.56 Å². The molecule has 0 atom stereocenters. The van der Waals surface area contributed by atoms with E-state index in [4.69, 9.17) is 5.11 Å². The number of phenols is 1. The molecule has 0 radical (unpaired) electrons. The number of unbranched alkanes of at least 4 members (excludes halogenated alkanes) is 2. The lowest BCUT2D eigenvalue weighted by atomic mass is 10.1. The van der Waals surface area contributed by atoms with Crippen molar-refractivity contribution in [2.45, 2.75) is 26.2 Å². The first kappa shape index (κ1) is 11.5. The fraction of sp³-hybridized carbons (Fsp3) is 0.308. The minimum atomic E-state index is -0.00824. The fourth-order valence-corrected chi connectivity index (χ4v) is 1.23. The Bertz CT molecular complexity index is 336. The molecule has 2 heteroatoms. The number of hydrogen-bond donors (Lipinski definition) is 1. The Hall–Kier alpha value is -1.57. The first-order chi connectivity index (χ1) is 7.24. The molecule has 0 aliphatic carbocycles. The third kappa shape index (κ3) is 3.98. The largest absolute Gasteiger partial charge is 0.508 e. The second-order valence-electron chi connectivity index (χ2n) is 3.46. The number of allylic oxidation sites excluding steroid dienone is 2. The summed E-state index contributed by atoms with van der Waals surface area (Å²) < 4.78 is 0. The van der Waals surface area contributed by atoms with Crippen LogP contribution in [0.4, 0.5) is 0 Å². The van der Waals surface area contributed by atoms with Crippen LogP contribution in [0.2, 0.25) is 0 Å². The maximum absolute atomic E-state index is 11.6. The Kier molecular flexibility index (Phi) is 4.61. The van der Waals surface area contributed by atoms with Crippen molar-refractivity contribution in [2.75, 3.05) is 0 Å². The number of rotatable bonds is 5. The molecule has 1 aromatic rings. The van der Waals surface area contributed by atoms with Gasteiger partial charge in [-0.25, -0.2) is 0 Å². The van der Waals surface area contributed by atoms with Crippen molar-refractivity contribution >= 4 is 5.78 Å². The Balaban J connectivity index is 2.53. The highest BCUT2D eigenvalue weighted by Crippen LogP contribution is 2.10. The third-order valence-corrected chi connectivity index (χ3v) is 2.15. The number of phenolic OH excluding ortho intramolecular Hbond substituents is 1. The van der Waals surface area contributed by atoms with Crippen LogP contribution in [0.5, 0.6) is 5.75 Å². The highest BCUT2D eigenvalue weighted by Gasteiger charge is 2.00. The minimum absolute atomic E-state index is 0.00824. The van der Waals surface area contributed by atoms with Gasteiger partial charge in [0.25, 0.3) is 0 Å². The summed E-state index contributed by atoms with van der Waals surface area (Å²) in [6.45, 7) is 2.12. The average molecular weight is 204 g/mol. The van der Waals surface area contributed by atoms with Crippen molar-refractivity contribution in [3.8, 4) is 5.75 Å². The van der Waals surface area contributed by atoms with E-state index in [0.717, 1.165) is 19.3 Å². The zero-order valence-electron chi connectivity index (χ0n) is 8.94. The van der Waals surface area contributed by atoms with Gasteiger partial charge in [-0.2, -0.15) is 0 Å². The number of carbonyl (C=O) groups is 1. The maximum Gasteiger partial charge on any atom is 0.185 e. The zero-order valence-corrected chi connectivity index (χ0v) is 8.94. The minimum Gasteiger partial charge on any atom is -0.508 e. The monoisotopic (exact) mass is 204 g/mol. The summed E-state index contributed by atoms with van der Waals surface area (Å²) in [5.74, 6) is 0.174. The fourth-order valence-electron chi connectivity index (χ4n) is 1.23. The molecule has 0 aliphatic heterocycles. The summed E-state index contributed by atoms with van der Waals surface area (Å²) in [7, 11) is 0. The molecule has 2 nitrogen and oxygen atoms in total. The molecule has 0 saturated carbocycles. The molecular formula is C13H16O2. The lowest BCUT2D eigenvalue weighted by Crippen LogP contribution is -1.92. The van der Waals surface area contributed by atoms with E-state index in [0.29, 0.717) is 5.56 Å². The molecule has 0 fully saturated rings. The number of carbonyl (C=O) groups excluding carboxylic acids is 1. The SMILES string of the molecule is CCCC/C=C/C(=O)c1ccc(O)cc1. The molecule has 0 spiro atoms. The van der Waals surface area contributed by atoms with Crippen molar-refractivity contribution in [3.63, 3.8) is 0 Å². The summed E-state index contributed by atoms with van der Waals surface area (Å²) >= 11 is 0. The number of hydrogen-bond acceptors (Lipinski definition) is 2. The second kappa shape index (κ2) is 6.02. The van der Waals surface area contributed by atoms with Crippen LogP contribution in [0.15, 0.2) is 36.4 Å². The van der Waals surface area contributed by atoms with Crippen molar-refractivity contribution < 1.29 is 9.90 Å². The Morgan fingerprint density at radius 3 is 2.60 bits per heavy atom. The van der Waals surface area contributed by atoms with Gasteiger partial charge < -0.3 is 5.11 Å². The summed E-state index contributed by atoms with van der Waals surface area (Å²) in [5, 5.41) is 9.06. The molecule has 80 valence electrons. The summed E-state index contributed by atoms with van der Waals surface area (Å²) in [6, 6.07) is 6.30. The van der Waals surface area contributed by atoms with Crippen LogP contribution in [0.3, 0.4) is 0 Å². The lowest BCUT2D eigenvalue weighted by Gasteiger charge is -1.95. The summed E-state index contributed by atoms with van der Waals surface area (Å²) in [5.41, 5.74) is 0.612. The highest BCUT2D eigenvalue weighted by molar-refractivity contribution is 6.04. The molecule has 0 aromatic heterocycles. The van der Waals surface area contributed by atoms with Gasteiger partial charge in [-0.15, -0.1) is 0 Å². The van der Waals surface area contributed by atoms with Crippen molar-refractivity contribution in [3.05, 3.63) is 42.0 Å². The number of ketones is 1. The van der Waals surface area contributed by atoms with Crippen LogP contribution < -0.4 is 0 Å². The molecule has 0 heterocycles. The molecule has 1 N–H and O–H groups in total. The van der Waals surface area contributed by atoms with Gasteiger partial charge in [0.1, 0.15) is 5.75 Å². The number of aromatic hydroxyl groups is 1. The second-order valence-corrected chi connectivity index (χ2v) is 3.46. The van der Waals surface area contributed by atoms with Crippen LogP contribution in [0.25, 0.3) is 0 Å². The Morgan fingerprint density at radius 2 is 2.00 bits per heavy atom. The molecule has 1 aromatic carbocycles. The van der Waals surface area contributed by atoms with Gasteiger partial charge in [0.15, 0.2) is 5.78 Å². The van der Waals surface area contributed by atoms with Gasteiger partial charge in [0.05, 0.1) is 0 Å². The van der Waals surface area contributed by atoms with E-state index in [9.17, 15) is 4.79 Å². The quantitative estimate of drug-likeness (QED) is 0.454.